The fraction of sp³-hybridized carbons (Fsp3) is 0.417. The molecule has 0 unspecified atom stereocenters. The van der Waals surface area contributed by atoms with Crippen molar-refractivity contribution in [1.82, 2.24) is 0 Å². The Morgan fingerprint density at radius 1 is 1.50 bits per heavy atom. The first-order chi connectivity index (χ1) is 8.65. The molecular weight excluding hydrogens is 238 g/mol. The van der Waals surface area contributed by atoms with Crippen LogP contribution in [0.25, 0.3) is 0 Å². The Kier molecular flexibility index (Phi) is 2.83. The molecule has 18 heavy (non-hydrogen) atoms. The first kappa shape index (κ1) is 11.7. The molecule has 0 atom stereocenters. The van der Waals surface area contributed by atoms with Gasteiger partial charge in [-0.3, -0.25) is 0 Å². The summed E-state index contributed by atoms with van der Waals surface area (Å²) in [4.78, 5) is 11.8. The van der Waals surface area contributed by atoms with Crippen LogP contribution in [0.3, 0.4) is 0 Å². The minimum atomic E-state index is -1.09. The van der Waals surface area contributed by atoms with Gasteiger partial charge in [0.15, 0.2) is 0 Å². The number of carbonyl (C=O) groups is 1. The lowest BCUT2D eigenvalue weighted by molar-refractivity contribution is 0.00855. The van der Waals surface area contributed by atoms with Gasteiger partial charge in [0.2, 0.25) is 0 Å². The van der Waals surface area contributed by atoms with Gasteiger partial charge in [0.25, 0.3) is 0 Å². The molecule has 1 saturated carbocycles. The highest BCUT2D eigenvalue weighted by Gasteiger charge is 2.31. The van der Waals surface area contributed by atoms with E-state index in [-0.39, 0.29) is 18.3 Å². The fourth-order valence-corrected chi connectivity index (χ4v) is 2.10. The van der Waals surface area contributed by atoms with Crippen LogP contribution in [0.5, 0.6) is 0 Å². The average molecular weight is 250 g/mol. The largest absolute Gasteiger partial charge is 0.491 e. The van der Waals surface area contributed by atoms with Crippen molar-refractivity contribution in [3.05, 3.63) is 29.1 Å². The molecule has 1 fully saturated rings. The molecule has 1 aliphatic heterocycles. The molecule has 0 radical (unpaired) electrons. The van der Waals surface area contributed by atoms with Gasteiger partial charge in [-0.15, -0.1) is 0 Å². The van der Waals surface area contributed by atoms with Gasteiger partial charge >= 0.3 is 13.1 Å². The van der Waals surface area contributed by atoms with Crippen LogP contribution < -0.4 is 5.46 Å². The summed E-state index contributed by atoms with van der Waals surface area (Å²) in [5.41, 5.74) is 0.877. The number of carbonyl (C=O) groups excluding carboxylic acids is 1. The van der Waals surface area contributed by atoms with Crippen LogP contribution in [0.15, 0.2) is 12.1 Å². The molecule has 6 heteroatoms. The van der Waals surface area contributed by atoms with E-state index in [0.29, 0.717) is 11.0 Å². The lowest BCUT2D eigenvalue weighted by Gasteiger charge is -2.25. The number of rotatable bonds is 2. The predicted octanol–water partition coefficient (Wildman–Crippen LogP) is 0.753. The fourth-order valence-electron chi connectivity index (χ4n) is 2.10. The summed E-state index contributed by atoms with van der Waals surface area (Å²) >= 11 is 0. The molecule has 1 aromatic rings. The second kappa shape index (κ2) is 4.37. The molecule has 1 aromatic carbocycles. The number of hydrogen-bond donors (Lipinski definition) is 1. The lowest BCUT2D eigenvalue weighted by atomic mass is 9.78. The SMILES string of the molecule is O=C(OC1CCC1)c1cc2c(cc1F)COB2O. The average Bonchev–Trinajstić information content (AvgIpc) is 2.64. The first-order valence-electron chi connectivity index (χ1n) is 5.98. The Hall–Kier alpha value is -1.40. The van der Waals surface area contributed by atoms with Crippen LogP contribution in [0.2, 0.25) is 0 Å². The number of ether oxygens (including phenoxy) is 1. The van der Waals surface area contributed by atoms with Crippen molar-refractivity contribution in [2.45, 2.75) is 32.0 Å². The third-order valence-corrected chi connectivity index (χ3v) is 3.44. The summed E-state index contributed by atoms with van der Waals surface area (Å²) in [6.07, 6.45) is 2.62. The highest BCUT2D eigenvalue weighted by Crippen LogP contribution is 2.24. The van der Waals surface area contributed by atoms with E-state index in [9.17, 15) is 14.2 Å². The van der Waals surface area contributed by atoms with Crippen molar-refractivity contribution >= 4 is 18.6 Å². The maximum Gasteiger partial charge on any atom is 0.491 e. The third kappa shape index (κ3) is 1.91. The van der Waals surface area contributed by atoms with Gasteiger partial charge in [0.05, 0.1) is 12.2 Å². The Balaban J connectivity index is 1.87. The monoisotopic (exact) mass is 250 g/mol. The summed E-state index contributed by atoms with van der Waals surface area (Å²) in [7, 11) is -1.09. The number of halogens is 1. The van der Waals surface area contributed by atoms with E-state index >= 15 is 0 Å². The number of esters is 1. The molecule has 0 amide bonds. The highest BCUT2D eigenvalue weighted by atomic mass is 19.1. The van der Waals surface area contributed by atoms with E-state index in [1.807, 2.05) is 0 Å². The van der Waals surface area contributed by atoms with Crippen molar-refractivity contribution in [2.24, 2.45) is 0 Å². The highest BCUT2D eigenvalue weighted by molar-refractivity contribution is 6.61. The van der Waals surface area contributed by atoms with Gasteiger partial charge in [0, 0.05) is 0 Å². The first-order valence-corrected chi connectivity index (χ1v) is 5.98. The second-order valence-corrected chi connectivity index (χ2v) is 4.65. The number of benzene rings is 1. The molecule has 1 aliphatic carbocycles. The quantitative estimate of drug-likeness (QED) is 0.621. The van der Waals surface area contributed by atoms with Crippen LogP contribution in [-0.2, 0) is 16.0 Å². The van der Waals surface area contributed by atoms with Crippen LogP contribution in [0, 0.1) is 5.82 Å². The molecular formula is C12H12BFO4. The lowest BCUT2D eigenvalue weighted by Crippen LogP contribution is -2.30. The van der Waals surface area contributed by atoms with Crippen molar-refractivity contribution in [3.63, 3.8) is 0 Å². The Labute approximate surface area is 104 Å². The summed E-state index contributed by atoms with van der Waals surface area (Å²) in [6, 6.07) is 2.55. The smallest absolute Gasteiger partial charge is 0.459 e. The molecule has 94 valence electrons. The Morgan fingerprint density at radius 2 is 2.28 bits per heavy atom. The Morgan fingerprint density at radius 3 is 2.94 bits per heavy atom. The van der Waals surface area contributed by atoms with Gasteiger partial charge in [-0.25, -0.2) is 9.18 Å². The maximum absolute atomic E-state index is 13.8. The zero-order valence-corrected chi connectivity index (χ0v) is 9.69. The summed E-state index contributed by atoms with van der Waals surface area (Å²) in [5.74, 6) is -1.30. The molecule has 1 N–H and O–H groups in total. The van der Waals surface area contributed by atoms with Crippen LogP contribution in [0.4, 0.5) is 4.39 Å². The van der Waals surface area contributed by atoms with Gasteiger partial charge in [-0.1, -0.05) is 0 Å². The summed E-state index contributed by atoms with van der Waals surface area (Å²) in [5, 5.41) is 9.52. The zero-order valence-electron chi connectivity index (χ0n) is 9.69. The minimum Gasteiger partial charge on any atom is -0.459 e. The Bertz CT molecular complexity index is 501. The molecule has 3 rings (SSSR count). The van der Waals surface area contributed by atoms with Crippen molar-refractivity contribution in [2.75, 3.05) is 0 Å². The minimum absolute atomic E-state index is 0.0914. The zero-order chi connectivity index (χ0) is 12.7. The van der Waals surface area contributed by atoms with E-state index in [4.69, 9.17) is 9.39 Å². The molecule has 2 aliphatic rings. The topological polar surface area (TPSA) is 55.8 Å². The number of fused-ring (bicyclic) bond motifs is 1. The van der Waals surface area contributed by atoms with E-state index < -0.39 is 18.9 Å². The molecule has 1 heterocycles. The molecule has 0 aromatic heterocycles. The van der Waals surface area contributed by atoms with Gasteiger partial charge < -0.3 is 14.4 Å². The van der Waals surface area contributed by atoms with E-state index in [0.717, 1.165) is 19.3 Å². The van der Waals surface area contributed by atoms with Crippen molar-refractivity contribution in [3.8, 4) is 0 Å². The molecule has 4 nitrogen and oxygen atoms in total. The van der Waals surface area contributed by atoms with Gasteiger partial charge in [0.1, 0.15) is 11.9 Å². The van der Waals surface area contributed by atoms with Gasteiger partial charge in [-0.05, 0) is 42.4 Å². The predicted molar refractivity (Wildman–Crippen MR) is 61.9 cm³/mol. The summed E-state index contributed by atoms with van der Waals surface area (Å²) in [6.45, 7) is 0.158. The van der Waals surface area contributed by atoms with Gasteiger partial charge in [-0.2, -0.15) is 0 Å². The normalized spacial score (nSPS) is 18.4. The van der Waals surface area contributed by atoms with E-state index in [1.54, 1.807) is 0 Å². The van der Waals surface area contributed by atoms with E-state index in [2.05, 4.69) is 0 Å². The van der Waals surface area contributed by atoms with Crippen LogP contribution in [0.1, 0.15) is 35.2 Å². The van der Waals surface area contributed by atoms with E-state index in [1.165, 1.54) is 12.1 Å². The second-order valence-electron chi connectivity index (χ2n) is 4.65. The summed E-state index contributed by atoms with van der Waals surface area (Å²) < 4.78 is 23.9. The molecule has 0 bridgehead atoms. The standard InChI is InChI=1S/C12H12BFO4/c14-11-4-7-6-17-13(16)10(7)5-9(11)12(15)18-8-2-1-3-8/h4-5,8,16H,1-3,6H2. The maximum atomic E-state index is 13.8. The van der Waals surface area contributed by atoms with Crippen LogP contribution in [-0.4, -0.2) is 24.2 Å². The molecule has 0 saturated heterocycles. The third-order valence-electron chi connectivity index (χ3n) is 3.44. The van der Waals surface area contributed by atoms with Crippen LogP contribution >= 0.6 is 0 Å². The van der Waals surface area contributed by atoms with Crippen molar-refractivity contribution < 1.29 is 23.6 Å². The van der Waals surface area contributed by atoms with Crippen molar-refractivity contribution in [1.29, 1.82) is 0 Å². The number of hydrogen-bond acceptors (Lipinski definition) is 4. The molecule has 0 spiro atoms.